The third-order valence-electron chi connectivity index (χ3n) is 2.16. The largest absolute Gasteiger partial charge is 0.396 e. The first-order valence-electron chi connectivity index (χ1n) is 5.59. The summed E-state index contributed by atoms with van der Waals surface area (Å²) in [6.45, 7) is 1.18. The lowest BCUT2D eigenvalue weighted by Crippen LogP contribution is -2.26. The van der Waals surface area contributed by atoms with E-state index in [2.05, 4.69) is 10.6 Å². The SMILES string of the molecule is O=C(CCNc1cccc(Cl)c1)NCCCO. The smallest absolute Gasteiger partial charge is 0.221 e. The molecule has 0 aliphatic carbocycles. The quantitative estimate of drug-likeness (QED) is 0.650. The van der Waals surface area contributed by atoms with Gasteiger partial charge in [-0.2, -0.15) is 0 Å². The molecule has 17 heavy (non-hydrogen) atoms. The molecule has 4 nitrogen and oxygen atoms in total. The second-order valence-electron chi connectivity index (χ2n) is 3.61. The van der Waals surface area contributed by atoms with Crippen LogP contribution in [0.4, 0.5) is 5.69 Å². The van der Waals surface area contributed by atoms with Gasteiger partial charge in [0.15, 0.2) is 0 Å². The number of nitrogens with one attached hydrogen (secondary N) is 2. The summed E-state index contributed by atoms with van der Waals surface area (Å²) in [5.41, 5.74) is 0.903. The van der Waals surface area contributed by atoms with Crippen molar-refractivity contribution in [3.05, 3.63) is 29.3 Å². The standard InChI is InChI=1S/C12H17ClN2O2/c13-10-3-1-4-11(9-10)14-7-5-12(17)15-6-2-8-16/h1,3-4,9,14,16H,2,5-8H2,(H,15,17). The Bertz CT molecular complexity index is 358. The maximum Gasteiger partial charge on any atom is 0.221 e. The predicted octanol–water partition coefficient (Wildman–Crippen LogP) is 1.64. The first-order chi connectivity index (χ1) is 8.22. The van der Waals surface area contributed by atoms with Crippen molar-refractivity contribution in [1.29, 1.82) is 0 Å². The molecule has 0 aliphatic heterocycles. The van der Waals surface area contributed by atoms with E-state index in [1.54, 1.807) is 6.07 Å². The van der Waals surface area contributed by atoms with Gasteiger partial charge in [0.25, 0.3) is 0 Å². The van der Waals surface area contributed by atoms with Gasteiger partial charge in [-0.05, 0) is 24.6 Å². The number of hydrogen-bond acceptors (Lipinski definition) is 3. The summed E-state index contributed by atoms with van der Waals surface area (Å²) < 4.78 is 0. The van der Waals surface area contributed by atoms with Crippen molar-refractivity contribution >= 4 is 23.2 Å². The molecular formula is C12H17ClN2O2. The minimum atomic E-state index is -0.0204. The summed E-state index contributed by atoms with van der Waals surface area (Å²) in [5, 5.41) is 15.1. The Morgan fingerprint density at radius 3 is 2.88 bits per heavy atom. The van der Waals surface area contributed by atoms with Crippen molar-refractivity contribution in [3.63, 3.8) is 0 Å². The van der Waals surface area contributed by atoms with E-state index in [-0.39, 0.29) is 12.5 Å². The number of hydrogen-bond donors (Lipinski definition) is 3. The summed E-state index contributed by atoms with van der Waals surface area (Å²) in [5.74, 6) is -0.0204. The number of aliphatic hydroxyl groups excluding tert-OH is 1. The molecule has 1 amide bonds. The van der Waals surface area contributed by atoms with Gasteiger partial charge in [0.05, 0.1) is 0 Å². The van der Waals surface area contributed by atoms with Crippen LogP contribution in [0.3, 0.4) is 0 Å². The number of benzene rings is 1. The van der Waals surface area contributed by atoms with Crippen LogP contribution in [0, 0.1) is 0 Å². The molecule has 0 fully saturated rings. The number of amides is 1. The molecule has 3 N–H and O–H groups in total. The summed E-state index contributed by atoms with van der Waals surface area (Å²) in [6.07, 6.45) is 0.991. The van der Waals surface area contributed by atoms with Crippen molar-refractivity contribution in [3.8, 4) is 0 Å². The lowest BCUT2D eigenvalue weighted by molar-refractivity contribution is -0.120. The molecule has 0 atom stereocenters. The third-order valence-corrected chi connectivity index (χ3v) is 2.40. The van der Waals surface area contributed by atoms with Gasteiger partial charge in [0, 0.05) is 36.8 Å². The maximum absolute atomic E-state index is 11.3. The van der Waals surface area contributed by atoms with Gasteiger partial charge in [-0.15, -0.1) is 0 Å². The van der Waals surface area contributed by atoms with Crippen molar-refractivity contribution in [1.82, 2.24) is 5.32 Å². The third kappa shape index (κ3) is 6.14. The van der Waals surface area contributed by atoms with Crippen molar-refractivity contribution < 1.29 is 9.90 Å². The van der Waals surface area contributed by atoms with E-state index in [0.717, 1.165) is 5.69 Å². The Balaban J connectivity index is 2.17. The van der Waals surface area contributed by atoms with Crippen LogP contribution in [-0.2, 0) is 4.79 Å². The van der Waals surface area contributed by atoms with Gasteiger partial charge < -0.3 is 15.7 Å². The molecule has 0 unspecified atom stereocenters. The number of carbonyl (C=O) groups excluding carboxylic acids is 1. The maximum atomic E-state index is 11.3. The van der Waals surface area contributed by atoms with E-state index < -0.39 is 0 Å². The number of rotatable bonds is 7. The summed E-state index contributed by atoms with van der Waals surface area (Å²) in [4.78, 5) is 11.3. The second kappa shape index (κ2) is 7.92. The molecule has 0 spiro atoms. The Morgan fingerprint density at radius 2 is 2.18 bits per heavy atom. The average Bonchev–Trinajstić information content (AvgIpc) is 2.29. The molecule has 0 aliphatic rings. The number of carbonyl (C=O) groups is 1. The first-order valence-corrected chi connectivity index (χ1v) is 5.97. The van der Waals surface area contributed by atoms with Gasteiger partial charge in [-0.1, -0.05) is 17.7 Å². The van der Waals surface area contributed by atoms with Gasteiger partial charge in [0.1, 0.15) is 0 Å². The minimum absolute atomic E-state index is 0.0204. The lowest BCUT2D eigenvalue weighted by Gasteiger charge is -2.07. The Morgan fingerprint density at radius 1 is 1.35 bits per heavy atom. The average molecular weight is 257 g/mol. The molecule has 0 aromatic heterocycles. The van der Waals surface area contributed by atoms with Crippen LogP contribution in [0.1, 0.15) is 12.8 Å². The highest BCUT2D eigenvalue weighted by Gasteiger charge is 2.00. The Kier molecular flexibility index (Phi) is 6.43. The monoisotopic (exact) mass is 256 g/mol. The molecule has 1 aromatic carbocycles. The van der Waals surface area contributed by atoms with E-state index >= 15 is 0 Å². The minimum Gasteiger partial charge on any atom is -0.396 e. The molecule has 94 valence electrons. The molecule has 0 heterocycles. The van der Waals surface area contributed by atoms with Gasteiger partial charge in [0.2, 0.25) is 5.91 Å². The Labute approximate surface area is 106 Å². The molecule has 5 heteroatoms. The summed E-state index contributed by atoms with van der Waals surface area (Å²) in [7, 11) is 0. The highest BCUT2D eigenvalue weighted by molar-refractivity contribution is 6.30. The van der Waals surface area contributed by atoms with Crippen LogP contribution >= 0.6 is 11.6 Å². The van der Waals surface area contributed by atoms with E-state index in [1.165, 1.54) is 0 Å². The predicted molar refractivity (Wildman–Crippen MR) is 69.3 cm³/mol. The van der Waals surface area contributed by atoms with Crippen LogP contribution in [0.2, 0.25) is 5.02 Å². The highest BCUT2D eigenvalue weighted by Crippen LogP contribution is 2.14. The van der Waals surface area contributed by atoms with Crippen molar-refractivity contribution in [2.75, 3.05) is 25.0 Å². The zero-order chi connectivity index (χ0) is 12.5. The first kappa shape index (κ1) is 13.8. The van der Waals surface area contributed by atoms with E-state index in [4.69, 9.17) is 16.7 Å². The fourth-order valence-electron chi connectivity index (χ4n) is 1.31. The molecule has 0 radical (unpaired) electrons. The van der Waals surface area contributed by atoms with E-state index in [0.29, 0.717) is 31.0 Å². The number of anilines is 1. The van der Waals surface area contributed by atoms with Gasteiger partial charge in [-0.25, -0.2) is 0 Å². The highest BCUT2D eigenvalue weighted by atomic mass is 35.5. The molecule has 1 rings (SSSR count). The molecule has 0 saturated carbocycles. The van der Waals surface area contributed by atoms with Crippen molar-refractivity contribution in [2.24, 2.45) is 0 Å². The van der Waals surface area contributed by atoms with Crippen LogP contribution < -0.4 is 10.6 Å². The van der Waals surface area contributed by atoms with Gasteiger partial charge in [-0.3, -0.25) is 4.79 Å². The molecule has 0 bridgehead atoms. The topological polar surface area (TPSA) is 61.4 Å². The zero-order valence-corrected chi connectivity index (χ0v) is 10.3. The fraction of sp³-hybridized carbons (Fsp3) is 0.417. The van der Waals surface area contributed by atoms with E-state index in [1.807, 2.05) is 18.2 Å². The van der Waals surface area contributed by atoms with E-state index in [9.17, 15) is 4.79 Å². The zero-order valence-electron chi connectivity index (χ0n) is 9.58. The number of aliphatic hydroxyl groups is 1. The van der Waals surface area contributed by atoms with Crippen LogP contribution in [0.25, 0.3) is 0 Å². The molecule has 0 saturated heterocycles. The number of halogens is 1. The van der Waals surface area contributed by atoms with Gasteiger partial charge >= 0.3 is 0 Å². The van der Waals surface area contributed by atoms with Crippen LogP contribution in [0.5, 0.6) is 0 Å². The molecule has 1 aromatic rings. The van der Waals surface area contributed by atoms with Crippen LogP contribution in [0.15, 0.2) is 24.3 Å². The van der Waals surface area contributed by atoms with Crippen molar-refractivity contribution in [2.45, 2.75) is 12.8 Å². The lowest BCUT2D eigenvalue weighted by atomic mass is 10.3. The van der Waals surface area contributed by atoms with Crippen LogP contribution in [-0.4, -0.2) is 30.7 Å². The second-order valence-corrected chi connectivity index (χ2v) is 4.05. The normalized spacial score (nSPS) is 10.0. The summed E-state index contributed by atoms with van der Waals surface area (Å²) in [6, 6.07) is 7.36. The Hall–Kier alpha value is -1.26. The fourth-order valence-corrected chi connectivity index (χ4v) is 1.50. The molecular weight excluding hydrogens is 240 g/mol. The summed E-state index contributed by atoms with van der Waals surface area (Å²) >= 11 is 5.83.